The Labute approximate surface area is 92.8 Å². The first-order valence-corrected chi connectivity index (χ1v) is 5.26. The summed E-state index contributed by atoms with van der Waals surface area (Å²) in [4.78, 5) is 11.5. The third-order valence-corrected chi connectivity index (χ3v) is 2.78. The molecule has 0 aliphatic carbocycles. The Hall–Kier alpha value is -1.28. The number of aryl methyl sites for hydroxylation is 2. The van der Waals surface area contributed by atoms with Crippen molar-refractivity contribution < 1.29 is 9.21 Å². The lowest BCUT2D eigenvalue weighted by molar-refractivity contribution is 0.0992. The van der Waals surface area contributed by atoms with Crippen molar-refractivity contribution in [3.63, 3.8) is 0 Å². The second kappa shape index (κ2) is 3.70. The van der Waals surface area contributed by atoms with Crippen LogP contribution in [0.2, 0.25) is 0 Å². The van der Waals surface area contributed by atoms with Gasteiger partial charge in [-0.3, -0.25) is 4.79 Å². The topological polar surface area (TPSA) is 30.2 Å². The summed E-state index contributed by atoms with van der Waals surface area (Å²) in [5.41, 5.74) is 2.69. The maximum absolute atomic E-state index is 11.5. The zero-order valence-corrected chi connectivity index (χ0v) is 9.39. The Morgan fingerprint density at radius 1 is 1.40 bits per heavy atom. The van der Waals surface area contributed by atoms with Crippen molar-refractivity contribution in [3.05, 3.63) is 35.1 Å². The van der Waals surface area contributed by atoms with Gasteiger partial charge in [-0.2, -0.15) is 0 Å². The second-order valence-electron chi connectivity index (χ2n) is 3.56. The Balaban J connectivity index is 2.75. The predicted molar refractivity (Wildman–Crippen MR) is 60.7 cm³/mol. The number of benzene rings is 1. The van der Waals surface area contributed by atoms with Gasteiger partial charge in [0.2, 0.25) is 5.78 Å². The fourth-order valence-corrected chi connectivity index (χ4v) is 1.83. The van der Waals surface area contributed by atoms with E-state index < -0.39 is 0 Å². The van der Waals surface area contributed by atoms with Crippen molar-refractivity contribution in [1.82, 2.24) is 0 Å². The van der Waals surface area contributed by atoms with Crippen molar-refractivity contribution in [2.45, 2.75) is 13.8 Å². The highest BCUT2D eigenvalue weighted by Crippen LogP contribution is 2.27. The SMILES string of the molecule is Cc1c(C(=O)CCl)oc2c(C)cccc12. The average molecular weight is 223 g/mol. The normalized spacial score (nSPS) is 10.9. The van der Waals surface area contributed by atoms with Gasteiger partial charge in [0.25, 0.3) is 0 Å². The standard InChI is InChI=1S/C12H11ClO2/c1-7-4-3-5-9-8(2)12(10(14)6-13)15-11(7)9/h3-5H,6H2,1-2H3. The lowest BCUT2D eigenvalue weighted by atomic mass is 10.1. The summed E-state index contributed by atoms with van der Waals surface area (Å²) in [6.45, 7) is 3.84. The summed E-state index contributed by atoms with van der Waals surface area (Å²) >= 11 is 5.52. The van der Waals surface area contributed by atoms with Gasteiger partial charge in [-0.25, -0.2) is 0 Å². The zero-order valence-electron chi connectivity index (χ0n) is 8.63. The monoisotopic (exact) mass is 222 g/mol. The number of halogens is 1. The van der Waals surface area contributed by atoms with E-state index in [9.17, 15) is 4.79 Å². The molecule has 2 nitrogen and oxygen atoms in total. The van der Waals surface area contributed by atoms with Crippen molar-refractivity contribution in [3.8, 4) is 0 Å². The van der Waals surface area contributed by atoms with Gasteiger partial charge >= 0.3 is 0 Å². The highest BCUT2D eigenvalue weighted by molar-refractivity contribution is 6.30. The van der Waals surface area contributed by atoms with Crippen LogP contribution in [0.3, 0.4) is 0 Å². The summed E-state index contributed by atoms with van der Waals surface area (Å²) in [6.07, 6.45) is 0. The minimum absolute atomic E-state index is 0.0420. The summed E-state index contributed by atoms with van der Waals surface area (Å²) in [7, 11) is 0. The van der Waals surface area contributed by atoms with Crippen LogP contribution in [0.1, 0.15) is 21.7 Å². The van der Waals surface area contributed by atoms with Crippen molar-refractivity contribution in [2.75, 3.05) is 5.88 Å². The quantitative estimate of drug-likeness (QED) is 0.575. The summed E-state index contributed by atoms with van der Waals surface area (Å²) in [6, 6.07) is 5.86. The molecule has 3 heteroatoms. The van der Waals surface area contributed by atoms with Crippen LogP contribution >= 0.6 is 11.6 Å². The van der Waals surface area contributed by atoms with E-state index in [0.717, 1.165) is 22.1 Å². The largest absolute Gasteiger partial charge is 0.452 e. The van der Waals surface area contributed by atoms with Crippen LogP contribution in [-0.4, -0.2) is 11.7 Å². The van der Waals surface area contributed by atoms with Crippen LogP contribution in [0, 0.1) is 13.8 Å². The lowest BCUT2D eigenvalue weighted by Crippen LogP contribution is -1.99. The number of Topliss-reactive ketones (excluding diaryl/α,β-unsaturated/α-hetero) is 1. The maximum atomic E-state index is 11.5. The van der Waals surface area contributed by atoms with Gasteiger partial charge in [0.15, 0.2) is 5.76 Å². The molecule has 15 heavy (non-hydrogen) atoms. The van der Waals surface area contributed by atoms with E-state index in [4.69, 9.17) is 16.0 Å². The Morgan fingerprint density at radius 2 is 2.13 bits per heavy atom. The molecule has 1 aromatic heterocycles. The lowest BCUT2D eigenvalue weighted by Gasteiger charge is -1.91. The van der Waals surface area contributed by atoms with E-state index >= 15 is 0 Å². The smallest absolute Gasteiger partial charge is 0.212 e. The molecule has 0 aliphatic heterocycles. The van der Waals surface area contributed by atoms with E-state index in [1.807, 2.05) is 32.0 Å². The van der Waals surface area contributed by atoms with Crippen LogP contribution in [0.5, 0.6) is 0 Å². The number of hydrogen-bond acceptors (Lipinski definition) is 2. The van der Waals surface area contributed by atoms with Crippen LogP contribution in [0.15, 0.2) is 22.6 Å². The highest BCUT2D eigenvalue weighted by atomic mass is 35.5. The molecule has 0 amide bonds. The molecule has 0 saturated heterocycles. The number of hydrogen-bond donors (Lipinski definition) is 0. The van der Waals surface area contributed by atoms with E-state index in [2.05, 4.69) is 0 Å². The molecular formula is C12H11ClO2. The molecule has 0 aliphatic rings. The fraction of sp³-hybridized carbons (Fsp3) is 0.250. The van der Waals surface area contributed by atoms with Gasteiger partial charge < -0.3 is 4.42 Å². The van der Waals surface area contributed by atoms with Crippen molar-refractivity contribution in [2.24, 2.45) is 0 Å². The van der Waals surface area contributed by atoms with Gasteiger partial charge in [-0.05, 0) is 19.4 Å². The molecule has 0 atom stereocenters. The van der Waals surface area contributed by atoms with Gasteiger partial charge in [-0.1, -0.05) is 18.2 Å². The number of carbonyl (C=O) groups excluding carboxylic acids is 1. The Bertz CT molecular complexity index is 526. The fourth-order valence-electron chi connectivity index (χ4n) is 1.71. The number of ketones is 1. The molecule has 1 aromatic carbocycles. The first-order valence-electron chi connectivity index (χ1n) is 4.73. The molecule has 0 saturated carbocycles. The summed E-state index contributed by atoms with van der Waals surface area (Å²) < 4.78 is 5.55. The van der Waals surface area contributed by atoms with Crippen LogP contribution in [0.4, 0.5) is 0 Å². The van der Waals surface area contributed by atoms with Gasteiger partial charge in [0.1, 0.15) is 5.58 Å². The molecule has 0 radical (unpaired) electrons. The number of fused-ring (bicyclic) bond motifs is 1. The number of alkyl halides is 1. The average Bonchev–Trinajstić information content (AvgIpc) is 2.57. The maximum Gasteiger partial charge on any atom is 0.212 e. The van der Waals surface area contributed by atoms with E-state index in [1.54, 1.807) is 0 Å². The molecule has 1 heterocycles. The summed E-state index contributed by atoms with van der Waals surface area (Å²) in [5.74, 6) is 0.179. The number of rotatable bonds is 2. The molecule has 0 fully saturated rings. The predicted octanol–water partition coefficient (Wildman–Crippen LogP) is 3.47. The third-order valence-electron chi connectivity index (χ3n) is 2.54. The van der Waals surface area contributed by atoms with E-state index in [-0.39, 0.29) is 11.7 Å². The van der Waals surface area contributed by atoms with E-state index in [0.29, 0.717) is 5.76 Å². The minimum atomic E-state index is -0.162. The minimum Gasteiger partial charge on any atom is -0.452 e. The molecule has 78 valence electrons. The molecule has 0 spiro atoms. The molecule has 2 rings (SSSR count). The Kier molecular flexibility index (Phi) is 2.53. The van der Waals surface area contributed by atoms with Gasteiger partial charge in [0.05, 0.1) is 5.88 Å². The Morgan fingerprint density at radius 3 is 2.73 bits per heavy atom. The number of furan rings is 1. The second-order valence-corrected chi connectivity index (χ2v) is 3.83. The van der Waals surface area contributed by atoms with Crippen molar-refractivity contribution in [1.29, 1.82) is 0 Å². The van der Waals surface area contributed by atoms with Crippen LogP contribution in [0.25, 0.3) is 11.0 Å². The van der Waals surface area contributed by atoms with E-state index in [1.165, 1.54) is 0 Å². The molecule has 0 bridgehead atoms. The van der Waals surface area contributed by atoms with Crippen LogP contribution < -0.4 is 0 Å². The van der Waals surface area contributed by atoms with Gasteiger partial charge in [-0.15, -0.1) is 11.6 Å². The van der Waals surface area contributed by atoms with Crippen LogP contribution in [-0.2, 0) is 0 Å². The summed E-state index contributed by atoms with van der Waals surface area (Å²) in [5, 5.41) is 0.989. The van der Waals surface area contributed by atoms with Crippen molar-refractivity contribution >= 4 is 28.4 Å². The zero-order chi connectivity index (χ0) is 11.0. The molecule has 0 unspecified atom stereocenters. The number of carbonyl (C=O) groups is 1. The highest BCUT2D eigenvalue weighted by Gasteiger charge is 2.17. The molecular weight excluding hydrogens is 212 g/mol. The molecule has 0 N–H and O–H groups in total. The number of para-hydroxylation sites is 1. The van der Waals surface area contributed by atoms with Gasteiger partial charge in [0, 0.05) is 10.9 Å². The third kappa shape index (κ3) is 1.55. The molecule has 2 aromatic rings. The first kappa shape index (κ1) is 10.2. The first-order chi connectivity index (χ1) is 7.15.